The molecule has 0 bridgehead atoms. The molecule has 2 heterocycles. The fourth-order valence-electron chi connectivity index (χ4n) is 2.49. The van der Waals surface area contributed by atoms with Gasteiger partial charge in [-0.25, -0.2) is 13.4 Å². The van der Waals surface area contributed by atoms with Crippen molar-refractivity contribution in [3.63, 3.8) is 0 Å². The molecule has 1 aliphatic heterocycles. The summed E-state index contributed by atoms with van der Waals surface area (Å²) < 4.78 is 32.7. The van der Waals surface area contributed by atoms with Gasteiger partial charge in [0.05, 0.1) is 23.8 Å². The summed E-state index contributed by atoms with van der Waals surface area (Å²) in [6.45, 7) is 2.42. The van der Waals surface area contributed by atoms with Gasteiger partial charge in [-0.05, 0) is 18.2 Å². The number of nitrogens with zero attached hydrogens (tertiary/aromatic N) is 3. The van der Waals surface area contributed by atoms with E-state index in [1.807, 2.05) is 4.90 Å². The lowest BCUT2D eigenvalue weighted by Gasteiger charge is -2.29. The molecule has 1 saturated heterocycles. The van der Waals surface area contributed by atoms with E-state index in [1.54, 1.807) is 24.3 Å². The summed E-state index contributed by atoms with van der Waals surface area (Å²) in [7, 11) is -3.80. The average Bonchev–Trinajstić information content (AvgIpc) is 2.63. The summed E-state index contributed by atoms with van der Waals surface area (Å²) in [5, 5.41) is 9.51. The lowest BCUT2D eigenvalue weighted by Crippen LogP contribution is -2.36. The molecule has 2 aromatic rings. The van der Waals surface area contributed by atoms with Crippen LogP contribution in [0.2, 0.25) is 0 Å². The van der Waals surface area contributed by atoms with Crippen molar-refractivity contribution in [2.45, 2.75) is 4.90 Å². The zero-order valence-electron chi connectivity index (χ0n) is 12.8. The van der Waals surface area contributed by atoms with E-state index in [4.69, 9.17) is 4.74 Å². The lowest BCUT2D eigenvalue weighted by atomic mass is 10.2. The van der Waals surface area contributed by atoms with Crippen LogP contribution in [0.3, 0.4) is 0 Å². The van der Waals surface area contributed by atoms with E-state index in [0.29, 0.717) is 32.0 Å². The normalized spacial score (nSPS) is 14.9. The maximum Gasteiger partial charge on any atom is 0.263 e. The van der Waals surface area contributed by atoms with Crippen LogP contribution in [0.15, 0.2) is 47.5 Å². The summed E-state index contributed by atoms with van der Waals surface area (Å²) in [4.78, 5) is 6.15. The number of hydrogen-bond acceptors (Lipinski definition) is 6. The minimum atomic E-state index is -3.80. The molecule has 0 unspecified atom stereocenters. The molecule has 0 aliphatic carbocycles. The maximum atomic E-state index is 12.5. The SMILES string of the molecule is N#Cc1c(N2CCOCC2)ccnc1NS(=O)(=O)c1ccccc1. The van der Waals surface area contributed by atoms with Gasteiger partial charge >= 0.3 is 0 Å². The van der Waals surface area contributed by atoms with Crippen molar-refractivity contribution < 1.29 is 13.2 Å². The van der Waals surface area contributed by atoms with E-state index in [0.717, 1.165) is 0 Å². The number of morpholine rings is 1. The van der Waals surface area contributed by atoms with Gasteiger partial charge in [0.1, 0.15) is 11.6 Å². The predicted molar refractivity (Wildman–Crippen MR) is 89.2 cm³/mol. The molecule has 1 fully saturated rings. The lowest BCUT2D eigenvalue weighted by molar-refractivity contribution is 0.122. The summed E-state index contributed by atoms with van der Waals surface area (Å²) in [5.74, 6) is 0.0327. The molecule has 0 atom stereocenters. The number of pyridine rings is 1. The molecule has 0 radical (unpaired) electrons. The molecule has 8 heteroatoms. The molecule has 0 saturated carbocycles. The highest BCUT2D eigenvalue weighted by Crippen LogP contribution is 2.27. The summed E-state index contributed by atoms with van der Waals surface area (Å²) in [5.41, 5.74) is 0.862. The molecule has 1 N–H and O–H groups in total. The van der Waals surface area contributed by atoms with Gasteiger partial charge in [0.25, 0.3) is 10.0 Å². The molecule has 124 valence electrons. The van der Waals surface area contributed by atoms with E-state index in [9.17, 15) is 13.7 Å². The number of nitrogens with one attached hydrogen (secondary N) is 1. The van der Waals surface area contributed by atoms with E-state index in [-0.39, 0.29) is 16.3 Å². The summed E-state index contributed by atoms with van der Waals surface area (Å²) >= 11 is 0. The average molecular weight is 344 g/mol. The quantitative estimate of drug-likeness (QED) is 0.905. The van der Waals surface area contributed by atoms with Crippen LogP contribution in [0, 0.1) is 11.3 Å². The van der Waals surface area contributed by atoms with Crippen LogP contribution in [-0.4, -0.2) is 39.7 Å². The highest BCUT2D eigenvalue weighted by molar-refractivity contribution is 7.92. The Hall–Kier alpha value is -2.63. The van der Waals surface area contributed by atoms with E-state index >= 15 is 0 Å². The topological polar surface area (TPSA) is 95.3 Å². The van der Waals surface area contributed by atoms with Crippen LogP contribution >= 0.6 is 0 Å². The Labute approximate surface area is 140 Å². The van der Waals surface area contributed by atoms with Crippen molar-refractivity contribution in [1.82, 2.24) is 4.98 Å². The van der Waals surface area contributed by atoms with Crippen molar-refractivity contribution in [3.8, 4) is 6.07 Å². The largest absolute Gasteiger partial charge is 0.378 e. The van der Waals surface area contributed by atoms with Crippen LogP contribution in [0.5, 0.6) is 0 Å². The number of aromatic nitrogens is 1. The Morgan fingerprint density at radius 1 is 1.17 bits per heavy atom. The molecule has 24 heavy (non-hydrogen) atoms. The second-order valence-corrected chi connectivity index (χ2v) is 6.87. The molecule has 1 aromatic heterocycles. The number of nitriles is 1. The molecule has 0 amide bonds. The Morgan fingerprint density at radius 2 is 1.88 bits per heavy atom. The Balaban J connectivity index is 1.95. The van der Waals surface area contributed by atoms with E-state index in [1.165, 1.54) is 18.3 Å². The third kappa shape index (κ3) is 3.32. The minimum absolute atomic E-state index is 0.0327. The second-order valence-electron chi connectivity index (χ2n) is 5.18. The van der Waals surface area contributed by atoms with Crippen LogP contribution in [0.4, 0.5) is 11.5 Å². The van der Waals surface area contributed by atoms with Gasteiger partial charge in [-0.2, -0.15) is 5.26 Å². The standard InChI is InChI=1S/C16H16N4O3S/c17-12-14-15(20-8-10-23-11-9-20)6-7-18-16(14)19-24(21,22)13-4-2-1-3-5-13/h1-7H,8-11H2,(H,18,19). The van der Waals surface area contributed by atoms with Crippen LogP contribution < -0.4 is 9.62 Å². The number of benzene rings is 1. The van der Waals surface area contributed by atoms with Crippen molar-refractivity contribution >= 4 is 21.5 Å². The van der Waals surface area contributed by atoms with Gasteiger partial charge in [-0.15, -0.1) is 0 Å². The highest BCUT2D eigenvalue weighted by atomic mass is 32.2. The van der Waals surface area contributed by atoms with Gasteiger partial charge in [-0.1, -0.05) is 18.2 Å². The zero-order chi connectivity index (χ0) is 17.0. The maximum absolute atomic E-state index is 12.5. The Kier molecular flexibility index (Phi) is 4.64. The molecular weight excluding hydrogens is 328 g/mol. The third-order valence-electron chi connectivity index (χ3n) is 3.68. The fraction of sp³-hybridized carbons (Fsp3) is 0.250. The minimum Gasteiger partial charge on any atom is -0.378 e. The van der Waals surface area contributed by atoms with Crippen molar-refractivity contribution in [2.24, 2.45) is 0 Å². The summed E-state index contributed by atoms with van der Waals surface area (Å²) in [6.07, 6.45) is 1.49. The number of ether oxygens (including phenoxy) is 1. The zero-order valence-corrected chi connectivity index (χ0v) is 13.7. The first-order chi connectivity index (χ1) is 11.6. The van der Waals surface area contributed by atoms with Gasteiger partial charge in [0.15, 0.2) is 5.82 Å². The van der Waals surface area contributed by atoms with Crippen molar-refractivity contribution in [2.75, 3.05) is 35.9 Å². The molecule has 7 nitrogen and oxygen atoms in total. The van der Waals surface area contributed by atoms with Gasteiger partial charge < -0.3 is 9.64 Å². The molecule has 0 spiro atoms. The van der Waals surface area contributed by atoms with E-state index < -0.39 is 10.0 Å². The van der Waals surface area contributed by atoms with Gasteiger partial charge in [0, 0.05) is 19.3 Å². The monoisotopic (exact) mass is 344 g/mol. The van der Waals surface area contributed by atoms with Gasteiger partial charge in [-0.3, -0.25) is 4.72 Å². The van der Waals surface area contributed by atoms with Crippen molar-refractivity contribution in [1.29, 1.82) is 5.26 Å². The second kappa shape index (κ2) is 6.86. The fourth-order valence-corrected chi connectivity index (χ4v) is 3.54. The number of sulfonamides is 1. The first-order valence-electron chi connectivity index (χ1n) is 7.41. The van der Waals surface area contributed by atoms with Crippen molar-refractivity contribution in [3.05, 3.63) is 48.2 Å². The number of rotatable bonds is 4. The molecule has 3 rings (SSSR count). The smallest absolute Gasteiger partial charge is 0.263 e. The van der Waals surface area contributed by atoms with Gasteiger partial charge in [0.2, 0.25) is 0 Å². The summed E-state index contributed by atoms with van der Waals surface area (Å²) in [6, 6.07) is 11.8. The van der Waals surface area contributed by atoms with Crippen LogP contribution in [0.25, 0.3) is 0 Å². The Morgan fingerprint density at radius 3 is 2.54 bits per heavy atom. The predicted octanol–water partition coefficient (Wildman–Crippen LogP) is 1.59. The number of anilines is 2. The third-order valence-corrected chi connectivity index (χ3v) is 5.03. The van der Waals surface area contributed by atoms with Crippen LogP contribution in [-0.2, 0) is 14.8 Å². The van der Waals surface area contributed by atoms with E-state index in [2.05, 4.69) is 15.8 Å². The first-order valence-corrected chi connectivity index (χ1v) is 8.90. The molecule has 1 aromatic carbocycles. The molecular formula is C16H16N4O3S. The van der Waals surface area contributed by atoms with Crippen LogP contribution in [0.1, 0.15) is 5.56 Å². The molecule has 1 aliphatic rings. The Bertz CT molecular complexity index is 857. The first kappa shape index (κ1) is 16.2. The number of hydrogen-bond donors (Lipinski definition) is 1. The highest BCUT2D eigenvalue weighted by Gasteiger charge is 2.21.